The maximum atomic E-state index is 13.6. The van der Waals surface area contributed by atoms with Crippen molar-refractivity contribution >= 4 is 33.4 Å². The number of nitrogens with one attached hydrogen (secondary N) is 3. The lowest BCUT2D eigenvalue weighted by Crippen LogP contribution is -2.45. The van der Waals surface area contributed by atoms with E-state index in [1.54, 1.807) is 14.0 Å². The zero-order chi connectivity index (χ0) is 24.1. The fraction of sp³-hybridized carbons (Fsp3) is 0.429. The Labute approximate surface area is 190 Å². The molecule has 10 nitrogen and oxygen atoms in total. The van der Waals surface area contributed by atoms with Crippen molar-refractivity contribution < 1.29 is 27.5 Å². The van der Waals surface area contributed by atoms with Crippen LogP contribution in [0.25, 0.3) is 0 Å². The number of carbonyl (C=O) groups excluding carboxylic acids is 1. The summed E-state index contributed by atoms with van der Waals surface area (Å²) in [5.41, 5.74) is 0.973. The van der Waals surface area contributed by atoms with Gasteiger partial charge in [-0.25, -0.2) is 22.3 Å². The van der Waals surface area contributed by atoms with E-state index in [-0.39, 0.29) is 41.3 Å². The summed E-state index contributed by atoms with van der Waals surface area (Å²) in [7, 11) is -2.48. The molecule has 0 saturated carbocycles. The van der Waals surface area contributed by atoms with E-state index >= 15 is 0 Å². The molecule has 33 heavy (non-hydrogen) atoms. The Kier molecular flexibility index (Phi) is 5.83. The third-order valence-corrected chi connectivity index (χ3v) is 7.86. The van der Waals surface area contributed by atoms with Crippen LogP contribution in [0.1, 0.15) is 29.4 Å². The van der Waals surface area contributed by atoms with Crippen LogP contribution < -0.4 is 15.4 Å². The van der Waals surface area contributed by atoms with Crippen LogP contribution in [0.4, 0.5) is 20.6 Å². The van der Waals surface area contributed by atoms with Gasteiger partial charge in [-0.2, -0.15) is 0 Å². The first-order valence-corrected chi connectivity index (χ1v) is 12.0. The second kappa shape index (κ2) is 8.34. The molecule has 0 radical (unpaired) electrons. The molecule has 0 bridgehead atoms. The van der Waals surface area contributed by atoms with Crippen LogP contribution in [-0.4, -0.2) is 60.2 Å². The fourth-order valence-electron chi connectivity index (χ4n) is 4.77. The summed E-state index contributed by atoms with van der Waals surface area (Å²) in [6, 6.07) is 3.20. The number of sulfonamides is 1. The van der Waals surface area contributed by atoms with Crippen molar-refractivity contribution in [1.29, 1.82) is 0 Å². The van der Waals surface area contributed by atoms with Gasteiger partial charge in [-0.05, 0) is 37.1 Å². The highest BCUT2D eigenvalue weighted by atomic mass is 32.2. The highest BCUT2D eigenvalue weighted by Crippen LogP contribution is 2.35. The van der Waals surface area contributed by atoms with Crippen LogP contribution >= 0.6 is 0 Å². The highest BCUT2D eigenvalue weighted by Gasteiger charge is 2.46. The summed E-state index contributed by atoms with van der Waals surface area (Å²) < 4.78 is 44.0. The van der Waals surface area contributed by atoms with Crippen LogP contribution in [-0.2, 0) is 17.1 Å². The number of halogens is 1. The van der Waals surface area contributed by atoms with Crippen LogP contribution in [0.2, 0.25) is 0 Å². The van der Waals surface area contributed by atoms with Crippen LogP contribution in [0.15, 0.2) is 29.3 Å². The minimum absolute atomic E-state index is 0.0544. The van der Waals surface area contributed by atoms with E-state index in [2.05, 4.69) is 15.4 Å². The van der Waals surface area contributed by atoms with E-state index in [0.717, 1.165) is 0 Å². The minimum Gasteiger partial charge on any atom is -0.465 e. The molecule has 4 N–H and O–H groups in total. The maximum absolute atomic E-state index is 13.6. The quantitative estimate of drug-likeness (QED) is 0.534. The lowest BCUT2D eigenvalue weighted by molar-refractivity contribution is 0.102. The Bertz CT molecular complexity index is 1230. The normalized spacial score (nSPS) is 23.6. The van der Waals surface area contributed by atoms with Crippen LogP contribution in [0.5, 0.6) is 0 Å². The zero-order valence-electron chi connectivity index (χ0n) is 18.4. The molecular formula is C21H26FN5O5S. The average molecular weight is 480 g/mol. The van der Waals surface area contributed by atoms with Crippen molar-refractivity contribution in [2.45, 2.75) is 37.2 Å². The van der Waals surface area contributed by atoms with Gasteiger partial charge in [0.15, 0.2) is 0 Å². The number of fused-ring (bicyclic) bond motifs is 2. The lowest BCUT2D eigenvalue weighted by atomic mass is 9.94. The molecule has 2 amide bonds. The molecule has 4 rings (SSSR count). The summed E-state index contributed by atoms with van der Waals surface area (Å²) >= 11 is 0. The number of nitrogens with zero attached hydrogens (tertiary/aromatic N) is 2. The first-order chi connectivity index (χ1) is 15.5. The van der Waals surface area contributed by atoms with E-state index < -0.39 is 33.9 Å². The molecule has 12 heteroatoms. The Balaban J connectivity index is 1.69. The SMILES string of the molecule is CCC1C2CNc3c(cn(C)c3C(=O)Nc3ccc(F)c(C)c3)S(=O)(=O)NC2CN1C(=O)O. The third-order valence-electron chi connectivity index (χ3n) is 6.36. The molecule has 178 valence electrons. The number of hydrogen-bond donors (Lipinski definition) is 4. The second-order valence-electron chi connectivity index (χ2n) is 8.43. The van der Waals surface area contributed by atoms with E-state index in [0.29, 0.717) is 17.7 Å². The Morgan fingerprint density at radius 3 is 2.70 bits per heavy atom. The monoisotopic (exact) mass is 479 g/mol. The molecule has 0 aliphatic carbocycles. The third kappa shape index (κ3) is 4.04. The van der Waals surface area contributed by atoms with Gasteiger partial charge in [-0.15, -0.1) is 0 Å². The summed E-state index contributed by atoms with van der Waals surface area (Å²) in [6.45, 7) is 3.76. The van der Waals surface area contributed by atoms with Gasteiger partial charge in [0.2, 0.25) is 10.0 Å². The largest absolute Gasteiger partial charge is 0.465 e. The lowest BCUT2D eigenvalue weighted by Gasteiger charge is -2.28. The number of aromatic nitrogens is 1. The molecule has 3 atom stereocenters. The number of benzene rings is 1. The predicted molar refractivity (Wildman–Crippen MR) is 119 cm³/mol. The number of rotatable bonds is 3. The average Bonchev–Trinajstić information content (AvgIpc) is 3.25. The molecule has 2 aromatic rings. The smallest absolute Gasteiger partial charge is 0.407 e. The Morgan fingerprint density at radius 2 is 2.06 bits per heavy atom. The van der Waals surface area contributed by atoms with E-state index in [4.69, 9.17) is 0 Å². The molecule has 2 aliphatic rings. The van der Waals surface area contributed by atoms with Crippen molar-refractivity contribution in [2.75, 3.05) is 23.7 Å². The van der Waals surface area contributed by atoms with E-state index in [9.17, 15) is 27.5 Å². The molecular weight excluding hydrogens is 453 g/mol. The summed E-state index contributed by atoms with van der Waals surface area (Å²) in [6.07, 6.45) is 0.771. The van der Waals surface area contributed by atoms with Crippen molar-refractivity contribution in [3.05, 3.63) is 41.5 Å². The van der Waals surface area contributed by atoms with Crippen molar-refractivity contribution in [3.8, 4) is 0 Å². The number of carboxylic acid groups (broad SMARTS) is 1. The Hall–Kier alpha value is -3.12. The van der Waals surface area contributed by atoms with Crippen molar-refractivity contribution in [1.82, 2.24) is 14.2 Å². The fourth-order valence-corrected chi connectivity index (χ4v) is 6.28. The second-order valence-corrected chi connectivity index (χ2v) is 10.1. The first kappa shape index (κ1) is 23.1. The number of carbonyl (C=O) groups is 2. The van der Waals surface area contributed by atoms with Gasteiger partial charge >= 0.3 is 6.09 Å². The van der Waals surface area contributed by atoms with E-state index in [1.165, 1.54) is 33.9 Å². The highest BCUT2D eigenvalue weighted by molar-refractivity contribution is 7.89. The van der Waals surface area contributed by atoms with Gasteiger partial charge in [0.25, 0.3) is 5.91 Å². The standard InChI is InChI=1S/C21H26FN5O5S/c1-4-16-13-8-23-18-17(33(31,32)25-15(13)9-27(16)21(29)30)10-26(3)19(18)20(28)24-12-5-6-14(22)11(2)7-12/h5-7,10,13,15-16,23,25H,4,8-9H2,1-3H3,(H,24,28)(H,29,30). The predicted octanol–water partition coefficient (Wildman–Crippen LogP) is 2.19. The molecule has 3 unspecified atom stereocenters. The molecule has 2 aliphatic heterocycles. The number of likely N-dealkylation sites (tertiary alicyclic amines) is 1. The topological polar surface area (TPSA) is 133 Å². The molecule has 1 fully saturated rings. The minimum atomic E-state index is -4.04. The molecule has 3 heterocycles. The summed E-state index contributed by atoms with van der Waals surface area (Å²) in [5.74, 6) is -1.28. The maximum Gasteiger partial charge on any atom is 0.407 e. The van der Waals surface area contributed by atoms with Crippen LogP contribution in [0.3, 0.4) is 0 Å². The molecule has 1 aromatic heterocycles. The number of hydrogen-bond acceptors (Lipinski definition) is 5. The first-order valence-electron chi connectivity index (χ1n) is 10.6. The summed E-state index contributed by atoms with van der Waals surface area (Å²) in [5, 5.41) is 15.3. The zero-order valence-corrected chi connectivity index (χ0v) is 19.2. The molecule has 0 spiro atoms. The van der Waals surface area contributed by atoms with Gasteiger partial charge in [0, 0.05) is 50.0 Å². The van der Waals surface area contributed by atoms with Gasteiger partial charge < -0.3 is 25.2 Å². The molecule has 1 aromatic carbocycles. The van der Waals surface area contributed by atoms with Crippen LogP contribution in [0, 0.1) is 18.7 Å². The van der Waals surface area contributed by atoms with E-state index in [1.807, 2.05) is 6.92 Å². The number of amides is 2. The summed E-state index contributed by atoms with van der Waals surface area (Å²) in [4.78, 5) is 25.9. The van der Waals surface area contributed by atoms with Gasteiger partial charge in [0.1, 0.15) is 16.4 Å². The number of aryl methyl sites for hydroxylation is 2. The van der Waals surface area contributed by atoms with Gasteiger partial charge in [-0.3, -0.25) is 4.79 Å². The van der Waals surface area contributed by atoms with Gasteiger partial charge in [0.05, 0.1) is 5.69 Å². The van der Waals surface area contributed by atoms with Crippen molar-refractivity contribution in [3.63, 3.8) is 0 Å². The Morgan fingerprint density at radius 1 is 1.33 bits per heavy atom. The van der Waals surface area contributed by atoms with Gasteiger partial charge in [-0.1, -0.05) is 6.92 Å². The van der Waals surface area contributed by atoms with Crippen molar-refractivity contribution in [2.24, 2.45) is 13.0 Å². The molecule has 1 saturated heterocycles. The number of anilines is 2.